The Morgan fingerprint density at radius 3 is 2.66 bits per heavy atom. The minimum absolute atomic E-state index is 0.0575. The molecular weight excluding hydrogens is 461 g/mol. The van der Waals surface area contributed by atoms with E-state index in [1.807, 2.05) is 24.3 Å². The number of nitrogens with one attached hydrogen (secondary N) is 1. The zero-order valence-corrected chi connectivity index (χ0v) is 18.9. The van der Waals surface area contributed by atoms with Gasteiger partial charge in [0.25, 0.3) is 5.91 Å². The molecule has 1 N–H and O–H groups in total. The molecule has 8 nitrogen and oxygen atoms in total. The molecule has 0 spiro atoms. The molecular formula is C24H23F3N6O2. The van der Waals surface area contributed by atoms with E-state index in [1.165, 1.54) is 30.1 Å². The van der Waals surface area contributed by atoms with E-state index in [2.05, 4.69) is 20.0 Å². The smallest absolute Gasteiger partial charge is 0.416 e. The maximum Gasteiger partial charge on any atom is 0.416 e. The molecule has 1 aliphatic rings. The quantitative estimate of drug-likeness (QED) is 0.471. The normalized spacial score (nSPS) is 14.9. The molecule has 0 atom stereocenters. The molecule has 1 saturated heterocycles. The lowest BCUT2D eigenvalue weighted by Gasteiger charge is -2.21. The molecule has 1 aliphatic heterocycles. The van der Waals surface area contributed by atoms with Crippen LogP contribution in [0.4, 0.5) is 19.1 Å². The van der Waals surface area contributed by atoms with Crippen LogP contribution >= 0.6 is 0 Å². The average Bonchev–Trinajstić information content (AvgIpc) is 3.40. The summed E-state index contributed by atoms with van der Waals surface area (Å²) in [4.78, 5) is 25.1. The number of halogens is 3. The Kier molecular flexibility index (Phi) is 5.83. The van der Waals surface area contributed by atoms with Crippen LogP contribution in [0, 0.1) is 0 Å². The summed E-state index contributed by atoms with van der Waals surface area (Å²) in [5.74, 6) is 0.622. The number of rotatable bonds is 4. The van der Waals surface area contributed by atoms with Gasteiger partial charge in [-0.15, -0.1) is 0 Å². The summed E-state index contributed by atoms with van der Waals surface area (Å²) in [6, 6.07) is 12.5. The zero-order valence-electron chi connectivity index (χ0n) is 18.9. The van der Waals surface area contributed by atoms with Crippen molar-refractivity contribution in [1.82, 2.24) is 24.6 Å². The van der Waals surface area contributed by atoms with Crippen LogP contribution in [-0.2, 0) is 6.18 Å². The highest BCUT2D eigenvalue weighted by molar-refractivity contribution is 5.95. The topological polar surface area (TPSA) is 79.3 Å². The molecule has 11 heteroatoms. The predicted octanol–water partition coefficient (Wildman–Crippen LogP) is 4.13. The lowest BCUT2D eigenvalue weighted by Crippen LogP contribution is -2.35. The van der Waals surface area contributed by atoms with Gasteiger partial charge in [0.1, 0.15) is 0 Å². The molecule has 4 aromatic rings. The second-order valence-electron chi connectivity index (χ2n) is 8.25. The van der Waals surface area contributed by atoms with E-state index in [0.29, 0.717) is 19.6 Å². The number of amides is 1. The van der Waals surface area contributed by atoms with Crippen LogP contribution in [0.3, 0.4) is 0 Å². The van der Waals surface area contributed by atoms with Crippen molar-refractivity contribution in [2.45, 2.75) is 12.6 Å². The number of imidazole rings is 1. The van der Waals surface area contributed by atoms with Gasteiger partial charge in [-0.1, -0.05) is 18.2 Å². The number of benzene rings is 2. The first kappa shape index (κ1) is 22.8. The molecule has 182 valence electrons. The number of aromatic amines is 1. The molecule has 0 radical (unpaired) electrons. The van der Waals surface area contributed by atoms with Crippen molar-refractivity contribution < 1.29 is 22.7 Å². The minimum Gasteiger partial charge on any atom is -0.493 e. The second kappa shape index (κ2) is 8.97. The van der Waals surface area contributed by atoms with Crippen LogP contribution in [0.2, 0.25) is 0 Å². The van der Waals surface area contributed by atoms with Gasteiger partial charge in [0, 0.05) is 26.2 Å². The fourth-order valence-corrected chi connectivity index (χ4v) is 4.18. The van der Waals surface area contributed by atoms with Crippen LogP contribution in [-0.4, -0.2) is 63.8 Å². The monoisotopic (exact) mass is 484 g/mol. The number of methoxy groups -OCH3 is 1. The predicted molar refractivity (Wildman–Crippen MR) is 124 cm³/mol. The highest BCUT2D eigenvalue weighted by Gasteiger charge is 2.31. The highest BCUT2D eigenvalue weighted by Crippen LogP contribution is 2.31. The maximum absolute atomic E-state index is 13.3. The van der Waals surface area contributed by atoms with Gasteiger partial charge >= 0.3 is 6.18 Å². The number of hydrogen-bond donors (Lipinski definition) is 1. The van der Waals surface area contributed by atoms with E-state index in [4.69, 9.17) is 4.74 Å². The van der Waals surface area contributed by atoms with Crippen LogP contribution in [0.25, 0.3) is 16.7 Å². The van der Waals surface area contributed by atoms with Gasteiger partial charge in [0.05, 0.1) is 35.6 Å². The van der Waals surface area contributed by atoms with E-state index in [9.17, 15) is 18.0 Å². The molecule has 1 amide bonds. The number of para-hydroxylation sites is 2. The number of alkyl halides is 3. The Morgan fingerprint density at radius 2 is 1.89 bits per heavy atom. The van der Waals surface area contributed by atoms with Crippen LogP contribution < -0.4 is 9.64 Å². The zero-order chi connectivity index (χ0) is 24.6. The van der Waals surface area contributed by atoms with Gasteiger partial charge in [0.15, 0.2) is 11.4 Å². The first-order valence-electron chi connectivity index (χ1n) is 11.1. The Balaban J connectivity index is 1.35. The number of aromatic nitrogens is 4. The van der Waals surface area contributed by atoms with Gasteiger partial charge in [-0.2, -0.15) is 18.3 Å². The van der Waals surface area contributed by atoms with Crippen molar-refractivity contribution >= 4 is 22.9 Å². The minimum atomic E-state index is -4.48. The third-order valence-electron chi connectivity index (χ3n) is 6.00. The molecule has 35 heavy (non-hydrogen) atoms. The third-order valence-corrected chi connectivity index (χ3v) is 6.00. The summed E-state index contributed by atoms with van der Waals surface area (Å²) in [5, 5.41) is 4.29. The van der Waals surface area contributed by atoms with Crippen LogP contribution in [0.5, 0.6) is 5.75 Å². The van der Waals surface area contributed by atoms with Crippen molar-refractivity contribution in [3.8, 4) is 11.4 Å². The van der Waals surface area contributed by atoms with E-state index < -0.39 is 11.7 Å². The number of ether oxygens (including phenoxy) is 1. The van der Waals surface area contributed by atoms with Gasteiger partial charge in [-0.25, -0.2) is 9.67 Å². The van der Waals surface area contributed by atoms with E-state index in [-0.39, 0.29) is 23.0 Å². The molecule has 0 unspecified atom stereocenters. The number of hydrogen-bond acceptors (Lipinski definition) is 5. The lowest BCUT2D eigenvalue weighted by molar-refractivity contribution is -0.137. The Bertz CT molecular complexity index is 1330. The average molecular weight is 484 g/mol. The molecule has 5 rings (SSSR count). The Morgan fingerprint density at radius 1 is 1.06 bits per heavy atom. The fraction of sp³-hybridized carbons (Fsp3) is 0.292. The van der Waals surface area contributed by atoms with Crippen molar-refractivity contribution in [3.05, 3.63) is 66.0 Å². The van der Waals surface area contributed by atoms with Gasteiger partial charge < -0.3 is 19.5 Å². The molecule has 0 aliphatic carbocycles. The number of carbonyl (C=O) groups excluding carboxylic acids is 1. The number of nitrogens with zero attached hydrogens (tertiary/aromatic N) is 5. The fourth-order valence-electron chi connectivity index (χ4n) is 4.18. The van der Waals surface area contributed by atoms with E-state index in [1.54, 1.807) is 4.90 Å². The van der Waals surface area contributed by atoms with Gasteiger partial charge in [-0.05, 0) is 36.8 Å². The van der Waals surface area contributed by atoms with Crippen LogP contribution in [0.1, 0.15) is 22.5 Å². The largest absolute Gasteiger partial charge is 0.493 e. The molecule has 1 fully saturated rings. The number of carbonyl (C=O) groups is 1. The van der Waals surface area contributed by atoms with Gasteiger partial charge in [0.2, 0.25) is 5.95 Å². The molecule has 0 saturated carbocycles. The summed E-state index contributed by atoms with van der Waals surface area (Å²) < 4.78 is 46.0. The number of H-pyrrole nitrogens is 1. The molecule has 0 bridgehead atoms. The Hall–Kier alpha value is -4.02. The maximum atomic E-state index is 13.3. The molecule has 2 aromatic carbocycles. The SMILES string of the molecule is COc1cn(-c2cccc(C(F)(F)F)c2)nc1C(=O)N1CCCN(c2nc3ccccc3[nH]2)CC1. The molecule has 2 aromatic heterocycles. The first-order valence-corrected chi connectivity index (χ1v) is 11.1. The highest BCUT2D eigenvalue weighted by atomic mass is 19.4. The van der Waals surface area contributed by atoms with Crippen molar-refractivity contribution in [1.29, 1.82) is 0 Å². The summed E-state index contributed by atoms with van der Waals surface area (Å²) in [5.41, 5.74) is 1.27. The van der Waals surface area contributed by atoms with E-state index in [0.717, 1.165) is 42.1 Å². The number of fused-ring (bicyclic) bond motifs is 1. The number of anilines is 1. The standard InChI is InChI=1S/C24H23F3N6O2/c1-35-20-15-33(17-7-4-6-16(14-17)24(25,26)27)30-21(20)22(34)31-10-5-11-32(13-12-31)23-28-18-8-2-3-9-19(18)29-23/h2-4,6-9,14-15H,5,10-13H2,1H3,(H,28,29). The summed E-state index contributed by atoms with van der Waals surface area (Å²) in [6.45, 7) is 2.24. The first-order chi connectivity index (χ1) is 16.8. The van der Waals surface area contributed by atoms with E-state index >= 15 is 0 Å². The third kappa shape index (κ3) is 4.53. The van der Waals surface area contributed by atoms with Crippen molar-refractivity contribution in [2.75, 3.05) is 38.2 Å². The summed E-state index contributed by atoms with van der Waals surface area (Å²) in [7, 11) is 1.40. The van der Waals surface area contributed by atoms with Gasteiger partial charge in [-0.3, -0.25) is 4.79 Å². The second-order valence-corrected chi connectivity index (χ2v) is 8.25. The van der Waals surface area contributed by atoms with Crippen LogP contribution in [0.15, 0.2) is 54.7 Å². The van der Waals surface area contributed by atoms with Crippen molar-refractivity contribution in [3.63, 3.8) is 0 Å². The summed E-state index contributed by atoms with van der Waals surface area (Å²) in [6.07, 6.45) is -2.34. The summed E-state index contributed by atoms with van der Waals surface area (Å²) >= 11 is 0. The lowest BCUT2D eigenvalue weighted by atomic mass is 10.2. The Labute approximate surface area is 198 Å². The van der Waals surface area contributed by atoms with Crippen molar-refractivity contribution in [2.24, 2.45) is 0 Å². The molecule has 3 heterocycles.